The standard InChI is InChI=1S/C21H42N2O6/c1-18(2)23-20(25)7-11-27-13-15-29-17-16-28-14-12-26-10-6-19(24)22-9-8-21(3,4)5/h18H,6-17H2,1-5H3,(H,22,24)(H,23,25). The van der Waals surface area contributed by atoms with Crippen molar-refractivity contribution in [3.8, 4) is 0 Å². The van der Waals surface area contributed by atoms with Gasteiger partial charge in [-0.1, -0.05) is 20.8 Å². The number of carbonyl (C=O) groups is 2. The Bertz CT molecular complexity index is 424. The molecule has 0 saturated carbocycles. The first-order valence-electron chi connectivity index (χ1n) is 10.6. The average molecular weight is 419 g/mol. The molecule has 0 aromatic carbocycles. The molecule has 0 aliphatic heterocycles. The number of amides is 2. The summed E-state index contributed by atoms with van der Waals surface area (Å²) in [4.78, 5) is 23.0. The molecule has 0 aromatic rings. The van der Waals surface area contributed by atoms with E-state index in [9.17, 15) is 9.59 Å². The van der Waals surface area contributed by atoms with Crippen molar-refractivity contribution < 1.29 is 28.5 Å². The second-order valence-electron chi connectivity index (χ2n) is 8.33. The Morgan fingerprint density at radius 3 is 1.55 bits per heavy atom. The molecule has 0 radical (unpaired) electrons. The van der Waals surface area contributed by atoms with Crippen molar-refractivity contribution in [2.24, 2.45) is 5.41 Å². The lowest BCUT2D eigenvalue weighted by Crippen LogP contribution is -2.30. The molecule has 0 aromatic heterocycles. The molecule has 2 N–H and O–H groups in total. The maximum Gasteiger partial charge on any atom is 0.222 e. The highest BCUT2D eigenvalue weighted by atomic mass is 16.6. The molecule has 0 fully saturated rings. The third-order valence-electron chi connectivity index (χ3n) is 3.71. The predicted molar refractivity (Wildman–Crippen MR) is 113 cm³/mol. The van der Waals surface area contributed by atoms with E-state index in [0.717, 1.165) is 6.42 Å². The monoisotopic (exact) mass is 418 g/mol. The molecular weight excluding hydrogens is 376 g/mol. The second-order valence-corrected chi connectivity index (χ2v) is 8.33. The summed E-state index contributed by atoms with van der Waals surface area (Å²) >= 11 is 0. The summed E-state index contributed by atoms with van der Waals surface area (Å²) in [5.74, 6) is 0.0176. The van der Waals surface area contributed by atoms with Crippen molar-refractivity contribution in [2.45, 2.75) is 59.9 Å². The van der Waals surface area contributed by atoms with Crippen molar-refractivity contribution in [1.82, 2.24) is 10.6 Å². The fraction of sp³-hybridized carbons (Fsp3) is 0.905. The molecule has 8 heteroatoms. The van der Waals surface area contributed by atoms with E-state index in [2.05, 4.69) is 31.4 Å². The van der Waals surface area contributed by atoms with Gasteiger partial charge in [-0.3, -0.25) is 9.59 Å². The SMILES string of the molecule is CC(C)NC(=O)CCOCCOCCOCCOCCC(=O)NCCC(C)(C)C. The van der Waals surface area contributed by atoms with Crippen LogP contribution in [0.4, 0.5) is 0 Å². The van der Waals surface area contributed by atoms with E-state index in [-0.39, 0.29) is 23.3 Å². The third kappa shape index (κ3) is 22.9. The molecule has 0 bridgehead atoms. The van der Waals surface area contributed by atoms with Crippen molar-refractivity contribution in [3.63, 3.8) is 0 Å². The lowest BCUT2D eigenvalue weighted by Gasteiger charge is -2.17. The first-order chi connectivity index (χ1) is 13.7. The van der Waals surface area contributed by atoms with Crippen LogP contribution in [0.1, 0.15) is 53.9 Å². The van der Waals surface area contributed by atoms with Crippen LogP contribution in [0.25, 0.3) is 0 Å². The van der Waals surface area contributed by atoms with Crippen LogP contribution in [0.2, 0.25) is 0 Å². The quantitative estimate of drug-likeness (QED) is 0.330. The molecule has 0 saturated heterocycles. The van der Waals surface area contributed by atoms with Gasteiger partial charge in [-0.15, -0.1) is 0 Å². The fourth-order valence-corrected chi connectivity index (χ4v) is 2.15. The van der Waals surface area contributed by atoms with Crippen molar-refractivity contribution >= 4 is 11.8 Å². The maximum atomic E-state index is 11.6. The number of hydrogen-bond acceptors (Lipinski definition) is 6. The molecule has 0 rings (SSSR count). The van der Waals surface area contributed by atoms with Crippen LogP contribution in [0.5, 0.6) is 0 Å². The van der Waals surface area contributed by atoms with Crippen LogP contribution in [0, 0.1) is 5.41 Å². The van der Waals surface area contributed by atoms with Gasteiger partial charge in [0.15, 0.2) is 0 Å². The van der Waals surface area contributed by atoms with Crippen LogP contribution in [-0.4, -0.2) is 77.3 Å². The predicted octanol–water partition coefficient (Wildman–Crippen LogP) is 1.91. The van der Waals surface area contributed by atoms with E-state index >= 15 is 0 Å². The minimum absolute atomic E-state index is 0.00213. The summed E-state index contributed by atoms with van der Waals surface area (Å²) in [5, 5.41) is 5.71. The Labute approximate surface area is 176 Å². The van der Waals surface area contributed by atoms with Gasteiger partial charge in [-0.25, -0.2) is 0 Å². The summed E-state index contributed by atoms with van der Waals surface area (Å²) < 4.78 is 21.5. The zero-order valence-corrected chi connectivity index (χ0v) is 19.0. The molecule has 0 aliphatic rings. The molecule has 29 heavy (non-hydrogen) atoms. The van der Waals surface area contributed by atoms with Crippen LogP contribution < -0.4 is 10.6 Å². The molecule has 8 nitrogen and oxygen atoms in total. The van der Waals surface area contributed by atoms with Crippen molar-refractivity contribution in [1.29, 1.82) is 0 Å². The largest absolute Gasteiger partial charge is 0.379 e. The van der Waals surface area contributed by atoms with Crippen LogP contribution in [-0.2, 0) is 28.5 Å². The van der Waals surface area contributed by atoms with Gasteiger partial charge in [0.1, 0.15) is 0 Å². The molecule has 0 heterocycles. The van der Waals surface area contributed by atoms with E-state index in [4.69, 9.17) is 18.9 Å². The number of nitrogens with one attached hydrogen (secondary N) is 2. The Morgan fingerprint density at radius 2 is 1.14 bits per heavy atom. The van der Waals surface area contributed by atoms with Crippen LogP contribution in [0.15, 0.2) is 0 Å². The lowest BCUT2D eigenvalue weighted by atomic mass is 9.92. The highest BCUT2D eigenvalue weighted by Crippen LogP contribution is 2.16. The van der Waals surface area contributed by atoms with Gasteiger partial charge in [-0.05, 0) is 25.7 Å². The summed E-state index contributed by atoms with van der Waals surface area (Å²) in [5.41, 5.74) is 0.225. The average Bonchev–Trinajstić information content (AvgIpc) is 2.60. The smallest absolute Gasteiger partial charge is 0.222 e. The zero-order valence-electron chi connectivity index (χ0n) is 19.0. The lowest BCUT2D eigenvalue weighted by molar-refractivity contribution is -0.123. The van der Waals surface area contributed by atoms with Crippen molar-refractivity contribution in [2.75, 3.05) is 59.4 Å². The minimum Gasteiger partial charge on any atom is -0.379 e. The molecule has 0 spiro atoms. The fourth-order valence-electron chi connectivity index (χ4n) is 2.15. The normalized spacial score (nSPS) is 11.7. The van der Waals surface area contributed by atoms with Gasteiger partial charge >= 0.3 is 0 Å². The first kappa shape index (κ1) is 27.8. The van der Waals surface area contributed by atoms with E-state index < -0.39 is 0 Å². The molecule has 172 valence electrons. The zero-order chi connectivity index (χ0) is 22.0. The van der Waals surface area contributed by atoms with E-state index in [0.29, 0.717) is 72.2 Å². The molecule has 0 aliphatic carbocycles. The Hall–Kier alpha value is -1.22. The number of rotatable bonds is 18. The van der Waals surface area contributed by atoms with Gasteiger partial charge < -0.3 is 29.6 Å². The van der Waals surface area contributed by atoms with Crippen LogP contribution in [0.3, 0.4) is 0 Å². The highest BCUT2D eigenvalue weighted by molar-refractivity contribution is 5.76. The maximum absolute atomic E-state index is 11.6. The first-order valence-corrected chi connectivity index (χ1v) is 10.6. The van der Waals surface area contributed by atoms with E-state index in [1.165, 1.54) is 0 Å². The number of ether oxygens (including phenoxy) is 4. The molecule has 0 atom stereocenters. The van der Waals surface area contributed by atoms with Gasteiger partial charge in [0.2, 0.25) is 11.8 Å². The molecular formula is C21H42N2O6. The summed E-state index contributed by atoms with van der Waals surface area (Å²) in [6.45, 7) is 14.6. The Kier molecular flexibility index (Phi) is 16.9. The van der Waals surface area contributed by atoms with E-state index in [1.807, 2.05) is 13.8 Å². The summed E-state index contributed by atoms with van der Waals surface area (Å²) in [6, 6.07) is 0.152. The van der Waals surface area contributed by atoms with Crippen LogP contribution >= 0.6 is 0 Å². The van der Waals surface area contributed by atoms with E-state index in [1.54, 1.807) is 0 Å². The Balaban J connectivity index is 3.24. The minimum atomic E-state index is -0.00213. The highest BCUT2D eigenvalue weighted by Gasteiger charge is 2.10. The molecule has 0 unspecified atom stereocenters. The third-order valence-corrected chi connectivity index (χ3v) is 3.71. The molecule has 2 amide bonds. The Morgan fingerprint density at radius 1 is 0.724 bits per heavy atom. The van der Waals surface area contributed by atoms with Gasteiger partial charge in [0, 0.05) is 25.4 Å². The summed E-state index contributed by atoms with van der Waals surface area (Å²) in [7, 11) is 0. The van der Waals surface area contributed by atoms with Gasteiger partial charge in [0.05, 0.1) is 52.9 Å². The van der Waals surface area contributed by atoms with Crippen molar-refractivity contribution in [3.05, 3.63) is 0 Å². The second kappa shape index (κ2) is 17.6. The summed E-state index contributed by atoms with van der Waals surface area (Å²) in [6.07, 6.45) is 1.68. The van der Waals surface area contributed by atoms with Gasteiger partial charge in [0.25, 0.3) is 0 Å². The topological polar surface area (TPSA) is 95.1 Å². The van der Waals surface area contributed by atoms with Gasteiger partial charge in [-0.2, -0.15) is 0 Å². The number of hydrogen-bond donors (Lipinski definition) is 2. The number of carbonyl (C=O) groups excluding carboxylic acids is 2.